The van der Waals surface area contributed by atoms with E-state index in [2.05, 4.69) is 15.5 Å². The molecule has 2 heterocycles. The number of methoxy groups -OCH3 is 1. The van der Waals surface area contributed by atoms with E-state index >= 15 is 0 Å². The van der Waals surface area contributed by atoms with Crippen molar-refractivity contribution in [3.8, 4) is 11.4 Å². The van der Waals surface area contributed by atoms with Crippen molar-refractivity contribution < 1.29 is 13.9 Å². The molecule has 0 aliphatic carbocycles. The number of nitrogens with one attached hydrogen (secondary N) is 1. The van der Waals surface area contributed by atoms with Crippen LogP contribution in [0.4, 0.5) is 5.69 Å². The van der Waals surface area contributed by atoms with E-state index in [1.165, 1.54) is 6.08 Å². The summed E-state index contributed by atoms with van der Waals surface area (Å²) in [6, 6.07) is 16.4. The Hall–Kier alpha value is -3.87. The smallest absolute Gasteiger partial charge is 0.248 e. The summed E-state index contributed by atoms with van der Waals surface area (Å²) in [5, 5.41) is 11.7. The highest BCUT2D eigenvalue weighted by Crippen LogP contribution is 2.19. The van der Waals surface area contributed by atoms with Crippen LogP contribution in [0.15, 0.2) is 71.4 Å². The van der Waals surface area contributed by atoms with Crippen LogP contribution in [0.2, 0.25) is 0 Å². The van der Waals surface area contributed by atoms with Crippen molar-refractivity contribution in [3.05, 3.63) is 72.7 Å². The maximum atomic E-state index is 12.0. The van der Waals surface area contributed by atoms with Gasteiger partial charge < -0.3 is 14.5 Å². The SMILES string of the molecule is COc1ccc(-n2nc3ccc(NC(=O)/C=C/c4ccco4)cc3n2)cc1. The van der Waals surface area contributed by atoms with Crippen molar-refractivity contribution >= 4 is 28.7 Å². The number of nitrogens with zero attached hydrogens (tertiary/aromatic N) is 3. The Morgan fingerprint density at radius 3 is 2.67 bits per heavy atom. The molecule has 7 nitrogen and oxygen atoms in total. The summed E-state index contributed by atoms with van der Waals surface area (Å²) in [4.78, 5) is 13.6. The van der Waals surface area contributed by atoms with Crippen LogP contribution >= 0.6 is 0 Å². The van der Waals surface area contributed by atoms with Crippen molar-refractivity contribution in [2.45, 2.75) is 0 Å². The van der Waals surface area contributed by atoms with Gasteiger partial charge >= 0.3 is 0 Å². The highest BCUT2D eigenvalue weighted by molar-refractivity contribution is 6.02. The summed E-state index contributed by atoms with van der Waals surface area (Å²) in [6.45, 7) is 0. The van der Waals surface area contributed by atoms with Crippen LogP contribution in [0.5, 0.6) is 5.75 Å². The molecule has 0 unspecified atom stereocenters. The molecule has 0 bridgehead atoms. The van der Waals surface area contributed by atoms with Crippen LogP contribution in [0.3, 0.4) is 0 Å². The third-order valence-corrected chi connectivity index (χ3v) is 3.89. The number of anilines is 1. The lowest BCUT2D eigenvalue weighted by molar-refractivity contribution is -0.111. The Balaban J connectivity index is 1.52. The Labute approximate surface area is 154 Å². The molecule has 0 fully saturated rings. The molecule has 2 aromatic heterocycles. The molecule has 7 heteroatoms. The summed E-state index contributed by atoms with van der Waals surface area (Å²) < 4.78 is 10.3. The Kier molecular flexibility index (Phi) is 4.40. The normalized spacial score (nSPS) is 11.1. The van der Waals surface area contributed by atoms with Crippen molar-refractivity contribution in [1.29, 1.82) is 0 Å². The fraction of sp³-hybridized carbons (Fsp3) is 0.0500. The molecule has 4 aromatic rings. The zero-order valence-electron chi connectivity index (χ0n) is 14.5. The molecule has 2 aromatic carbocycles. The van der Waals surface area contributed by atoms with Crippen LogP contribution in [-0.2, 0) is 4.79 Å². The average molecular weight is 360 g/mol. The Bertz CT molecular complexity index is 1100. The molecule has 0 radical (unpaired) electrons. The second-order valence-corrected chi connectivity index (χ2v) is 5.73. The lowest BCUT2D eigenvalue weighted by Crippen LogP contribution is -2.07. The third-order valence-electron chi connectivity index (χ3n) is 3.89. The first kappa shape index (κ1) is 16.6. The number of aromatic nitrogens is 3. The second-order valence-electron chi connectivity index (χ2n) is 5.73. The topological polar surface area (TPSA) is 82.2 Å². The van der Waals surface area contributed by atoms with Crippen molar-refractivity contribution in [1.82, 2.24) is 15.0 Å². The van der Waals surface area contributed by atoms with Crippen LogP contribution in [0, 0.1) is 0 Å². The van der Waals surface area contributed by atoms with E-state index in [0.29, 0.717) is 17.0 Å². The summed E-state index contributed by atoms with van der Waals surface area (Å²) in [5.41, 5.74) is 2.87. The molecule has 0 aliphatic rings. The van der Waals surface area contributed by atoms with Crippen molar-refractivity contribution in [3.63, 3.8) is 0 Å². The van der Waals surface area contributed by atoms with Crippen molar-refractivity contribution in [2.24, 2.45) is 0 Å². The van der Waals surface area contributed by atoms with E-state index in [0.717, 1.165) is 17.0 Å². The number of benzene rings is 2. The van der Waals surface area contributed by atoms with Crippen LogP contribution in [0.25, 0.3) is 22.8 Å². The van der Waals surface area contributed by atoms with E-state index in [-0.39, 0.29) is 5.91 Å². The Morgan fingerprint density at radius 1 is 1.11 bits per heavy atom. The molecule has 1 amide bonds. The summed E-state index contributed by atoms with van der Waals surface area (Å²) >= 11 is 0. The number of ether oxygens (including phenoxy) is 1. The third kappa shape index (κ3) is 3.72. The van der Waals surface area contributed by atoms with E-state index in [1.54, 1.807) is 48.5 Å². The van der Waals surface area contributed by atoms with E-state index in [1.807, 2.05) is 30.3 Å². The molecule has 0 saturated carbocycles. The fourth-order valence-electron chi connectivity index (χ4n) is 2.55. The van der Waals surface area contributed by atoms with Gasteiger partial charge in [-0.3, -0.25) is 4.79 Å². The van der Waals surface area contributed by atoms with Gasteiger partial charge in [0.2, 0.25) is 5.91 Å². The first-order chi connectivity index (χ1) is 13.2. The molecule has 4 rings (SSSR count). The predicted molar refractivity (Wildman–Crippen MR) is 102 cm³/mol. The molecule has 134 valence electrons. The van der Waals surface area contributed by atoms with E-state index in [9.17, 15) is 4.79 Å². The number of amides is 1. The monoisotopic (exact) mass is 360 g/mol. The quantitative estimate of drug-likeness (QED) is 0.549. The van der Waals surface area contributed by atoms with Crippen LogP contribution in [-0.4, -0.2) is 28.0 Å². The fourth-order valence-corrected chi connectivity index (χ4v) is 2.55. The van der Waals surface area contributed by atoms with Gasteiger partial charge in [-0.05, 0) is 60.7 Å². The summed E-state index contributed by atoms with van der Waals surface area (Å²) in [5.74, 6) is 1.12. The minimum Gasteiger partial charge on any atom is -0.497 e. The minimum absolute atomic E-state index is 0.256. The van der Waals surface area contributed by atoms with Crippen LogP contribution < -0.4 is 10.1 Å². The minimum atomic E-state index is -0.256. The van der Waals surface area contributed by atoms with Gasteiger partial charge in [0.25, 0.3) is 0 Å². The number of hydrogen-bond acceptors (Lipinski definition) is 5. The lowest BCUT2D eigenvalue weighted by atomic mass is 10.2. The van der Waals surface area contributed by atoms with Gasteiger partial charge in [-0.15, -0.1) is 10.2 Å². The van der Waals surface area contributed by atoms with Gasteiger partial charge in [-0.25, -0.2) is 0 Å². The zero-order valence-corrected chi connectivity index (χ0v) is 14.5. The zero-order chi connectivity index (χ0) is 18.6. The maximum absolute atomic E-state index is 12.0. The molecule has 1 N–H and O–H groups in total. The number of hydrogen-bond donors (Lipinski definition) is 1. The lowest BCUT2D eigenvalue weighted by Gasteiger charge is -2.01. The maximum Gasteiger partial charge on any atom is 0.248 e. The molecule has 27 heavy (non-hydrogen) atoms. The predicted octanol–water partition coefficient (Wildman–Crippen LogP) is 3.67. The van der Waals surface area contributed by atoms with Crippen LogP contribution in [0.1, 0.15) is 5.76 Å². The number of fused-ring (bicyclic) bond motifs is 1. The summed E-state index contributed by atoms with van der Waals surface area (Å²) in [7, 11) is 1.62. The van der Waals surface area contributed by atoms with Gasteiger partial charge in [-0.2, -0.15) is 4.80 Å². The number of furan rings is 1. The summed E-state index contributed by atoms with van der Waals surface area (Å²) in [6.07, 6.45) is 4.57. The second kappa shape index (κ2) is 7.17. The van der Waals surface area contributed by atoms with Gasteiger partial charge in [0.05, 0.1) is 19.1 Å². The highest BCUT2D eigenvalue weighted by atomic mass is 16.5. The number of carbonyl (C=O) groups excluding carboxylic acids is 1. The van der Waals surface area contributed by atoms with Gasteiger partial charge in [-0.1, -0.05) is 0 Å². The average Bonchev–Trinajstić information content (AvgIpc) is 3.36. The van der Waals surface area contributed by atoms with Gasteiger partial charge in [0.1, 0.15) is 22.5 Å². The first-order valence-corrected chi connectivity index (χ1v) is 8.25. The van der Waals surface area contributed by atoms with E-state index in [4.69, 9.17) is 9.15 Å². The molecule has 0 saturated heterocycles. The molecular weight excluding hydrogens is 344 g/mol. The number of rotatable bonds is 5. The molecular formula is C20H16N4O3. The first-order valence-electron chi connectivity index (χ1n) is 8.25. The Morgan fingerprint density at radius 2 is 1.93 bits per heavy atom. The van der Waals surface area contributed by atoms with Crippen molar-refractivity contribution in [2.75, 3.05) is 12.4 Å². The standard InChI is InChI=1S/C20H16N4O3/c1-26-16-7-5-15(6-8-16)24-22-18-10-4-14(13-19(18)23-24)21-20(25)11-9-17-3-2-12-27-17/h2-13H,1H3,(H,21,25)/b11-9+. The highest BCUT2D eigenvalue weighted by Gasteiger charge is 2.07. The van der Waals surface area contributed by atoms with Gasteiger partial charge in [0, 0.05) is 11.8 Å². The molecule has 0 spiro atoms. The molecule has 0 aliphatic heterocycles. The number of carbonyl (C=O) groups is 1. The molecule has 0 atom stereocenters. The largest absolute Gasteiger partial charge is 0.497 e. The van der Waals surface area contributed by atoms with E-state index < -0.39 is 0 Å². The van der Waals surface area contributed by atoms with Gasteiger partial charge in [0.15, 0.2) is 0 Å².